The largest absolute Gasteiger partial charge is 0.454 e. The topological polar surface area (TPSA) is 136 Å². The summed E-state index contributed by atoms with van der Waals surface area (Å²) in [6.45, 7) is -0.414. The number of thioether (sulfide) groups is 1. The highest BCUT2D eigenvalue weighted by molar-refractivity contribution is 8.00. The number of benzene rings is 3. The second-order valence-corrected chi connectivity index (χ2v) is 11.8. The number of carbonyl (C=O) groups excluding carboxylic acids is 4. The number of anilines is 1. The first-order chi connectivity index (χ1) is 21.7. The van der Waals surface area contributed by atoms with Crippen molar-refractivity contribution in [1.82, 2.24) is 4.98 Å². The summed E-state index contributed by atoms with van der Waals surface area (Å²) in [6.07, 6.45) is -0.108. The lowest BCUT2D eigenvalue weighted by molar-refractivity contribution is -0.121. The van der Waals surface area contributed by atoms with Gasteiger partial charge in [-0.15, -0.1) is 0 Å². The third-order valence-corrected chi connectivity index (χ3v) is 8.67. The third kappa shape index (κ3) is 6.21. The highest BCUT2D eigenvalue weighted by Gasteiger charge is 2.41. The molecule has 0 bridgehead atoms. The second-order valence-electron chi connectivity index (χ2n) is 9.78. The SMILES string of the molecule is N#Cc1ccc(-c2ccc3c(c2)OCO3)nc1SC1CC(=O)N(c2ccc(C(=O)OCC(=O)c3ccc(Cl)cc3Cl)cc2)C1=O. The van der Waals surface area contributed by atoms with Gasteiger partial charge in [0, 0.05) is 22.6 Å². The molecule has 10 nitrogen and oxygen atoms in total. The number of carbonyl (C=O) groups is 4. The maximum atomic E-state index is 13.4. The molecule has 0 radical (unpaired) electrons. The van der Waals surface area contributed by atoms with Crippen LogP contribution in [0.2, 0.25) is 10.0 Å². The van der Waals surface area contributed by atoms with Crippen molar-refractivity contribution < 1.29 is 33.4 Å². The van der Waals surface area contributed by atoms with Gasteiger partial charge in [-0.05, 0) is 72.8 Å². The van der Waals surface area contributed by atoms with Crippen molar-refractivity contribution in [2.75, 3.05) is 18.3 Å². The van der Waals surface area contributed by atoms with Gasteiger partial charge in [-0.1, -0.05) is 35.0 Å². The number of imide groups is 1. The minimum absolute atomic E-state index is 0.108. The van der Waals surface area contributed by atoms with Crippen molar-refractivity contribution in [3.8, 4) is 28.8 Å². The Morgan fingerprint density at radius 3 is 2.53 bits per heavy atom. The van der Waals surface area contributed by atoms with Gasteiger partial charge < -0.3 is 14.2 Å². The molecule has 1 saturated heterocycles. The first-order valence-corrected chi connectivity index (χ1v) is 15.0. The maximum Gasteiger partial charge on any atom is 0.338 e. The second kappa shape index (κ2) is 12.6. The first-order valence-electron chi connectivity index (χ1n) is 13.3. The van der Waals surface area contributed by atoms with Gasteiger partial charge in [-0.25, -0.2) is 14.7 Å². The lowest BCUT2D eigenvalue weighted by Gasteiger charge is -2.15. The van der Waals surface area contributed by atoms with Gasteiger partial charge >= 0.3 is 5.97 Å². The van der Waals surface area contributed by atoms with E-state index >= 15 is 0 Å². The summed E-state index contributed by atoms with van der Waals surface area (Å²) < 4.78 is 15.9. The highest BCUT2D eigenvalue weighted by atomic mass is 35.5. The molecule has 0 spiro atoms. The van der Waals surface area contributed by atoms with Crippen molar-refractivity contribution in [2.45, 2.75) is 16.7 Å². The van der Waals surface area contributed by atoms with Crippen LogP contribution in [0.3, 0.4) is 0 Å². The van der Waals surface area contributed by atoms with Crippen molar-refractivity contribution >= 4 is 64.2 Å². The molecule has 4 aromatic rings. The van der Waals surface area contributed by atoms with Crippen LogP contribution < -0.4 is 14.4 Å². The lowest BCUT2D eigenvalue weighted by Crippen LogP contribution is -2.31. The molecular formula is C32H19Cl2N3O7S. The third-order valence-electron chi connectivity index (χ3n) is 6.94. The van der Waals surface area contributed by atoms with E-state index in [4.69, 9.17) is 37.4 Å². The van der Waals surface area contributed by atoms with Crippen LogP contribution in [0.25, 0.3) is 11.3 Å². The summed E-state index contributed by atoms with van der Waals surface area (Å²) >= 11 is 12.9. The number of rotatable bonds is 8. The zero-order valence-corrected chi connectivity index (χ0v) is 25.3. The quantitative estimate of drug-likeness (QED) is 0.124. The molecule has 6 rings (SSSR count). The molecule has 2 aliphatic rings. The normalized spacial score (nSPS) is 15.2. The average molecular weight is 660 g/mol. The molecule has 1 atom stereocenters. The smallest absolute Gasteiger partial charge is 0.338 e. The number of Topliss-reactive ketones (excluding diaryl/α,β-unsaturated/α-hetero) is 1. The Bertz CT molecular complexity index is 1930. The van der Waals surface area contributed by atoms with Gasteiger partial charge in [-0.3, -0.25) is 14.4 Å². The number of fused-ring (bicyclic) bond motifs is 1. The Kier molecular flexibility index (Phi) is 8.45. The summed E-state index contributed by atoms with van der Waals surface area (Å²) in [5.74, 6) is -1.00. The van der Waals surface area contributed by atoms with E-state index in [9.17, 15) is 24.4 Å². The molecule has 3 heterocycles. The van der Waals surface area contributed by atoms with Gasteiger partial charge in [0.2, 0.25) is 24.4 Å². The van der Waals surface area contributed by atoms with Crippen molar-refractivity contribution in [1.29, 1.82) is 5.26 Å². The van der Waals surface area contributed by atoms with E-state index in [2.05, 4.69) is 11.1 Å². The minimum atomic E-state index is -0.820. The molecule has 3 aromatic carbocycles. The summed E-state index contributed by atoms with van der Waals surface area (Å²) in [5.41, 5.74) is 2.10. The standard InChI is InChI=1S/C32H19Cl2N3O7S/c33-20-5-8-22(23(34)12-20)25(38)15-42-32(41)17-1-6-21(7-2-17)37-29(39)13-28(31(37)40)45-30-19(14-35)3-9-24(36-30)18-4-10-26-27(11-18)44-16-43-26/h1-12,28H,13,15-16H2. The van der Waals surface area contributed by atoms with E-state index in [1.165, 1.54) is 42.5 Å². The summed E-state index contributed by atoms with van der Waals surface area (Å²) in [7, 11) is 0. The first kappa shape index (κ1) is 30.1. The van der Waals surface area contributed by atoms with Crippen LogP contribution in [-0.2, 0) is 14.3 Å². The molecule has 0 aliphatic carbocycles. The molecular weight excluding hydrogens is 641 g/mol. The summed E-state index contributed by atoms with van der Waals surface area (Å²) in [6, 6.07) is 20.8. The van der Waals surface area contributed by atoms with Crippen LogP contribution in [0, 0.1) is 11.3 Å². The number of halogens is 2. The fourth-order valence-corrected chi connectivity index (χ4v) is 6.30. The number of hydrogen-bond donors (Lipinski definition) is 0. The zero-order chi connectivity index (χ0) is 31.7. The molecule has 1 unspecified atom stereocenters. The molecule has 224 valence electrons. The molecule has 13 heteroatoms. The molecule has 45 heavy (non-hydrogen) atoms. The fourth-order valence-electron chi connectivity index (χ4n) is 4.69. The van der Waals surface area contributed by atoms with E-state index in [-0.39, 0.29) is 40.6 Å². The Morgan fingerprint density at radius 1 is 1.00 bits per heavy atom. The summed E-state index contributed by atoms with van der Waals surface area (Å²) in [5, 5.41) is 9.68. The summed E-state index contributed by atoms with van der Waals surface area (Å²) in [4.78, 5) is 57.0. The molecule has 1 aromatic heterocycles. The Labute approximate surface area is 270 Å². The van der Waals surface area contributed by atoms with E-state index < -0.39 is 35.4 Å². The van der Waals surface area contributed by atoms with Gasteiger partial charge in [0.25, 0.3) is 0 Å². The molecule has 1 fully saturated rings. The van der Waals surface area contributed by atoms with E-state index in [0.29, 0.717) is 27.2 Å². The number of amides is 2. The highest BCUT2D eigenvalue weighted by Crippen LogP contribution is 2.38. The van der Waals surface area contributed by atoms with Crippen LogP contribution in [0.1, 0.15) is 32.7 Å². The number of esters is 1. The minimum Gasteiger partial charge on any atom is -0.454 e. The van der Waals surface area contributed by atoms with Gasteiger partial charge in [0.15, 0.2) is 18.1 Å². The van der Waals surface area contributed by atoms with Crippen molar-refractivity contribution in [3.05, 3.63) is 99.5 Å². The van der Waals surface area contributed by atoms with Gasteiger partial charge in [-0.2, -0.15) is 5.26 Å². The predicted molar refractivity (Wildman–Crippen MR) is 165 cm³/mol. The number of pyridine rings is 1. The zero-order valence-electron chi connectivity index (χ0n) is 23.0. The lowest BCUT2D eigenvalue weighted by atomic mass is 10.1. The molecule has 2 aliphatic heterocycles. The monoisotopic (exact) mass is 659 g/mol. The van der Waals surface area contributed by atoms with Gasteiger partial charge in [0.05, 0.1) is 32.8 Å². The number of nitriles is 1. The number of aromatic nitrogens is 1. The number of ketones is 1. The van der Waals surface area contributed by atoms with Crippen LogP contribution >= 0.6 is 35.0 Å². The van der Waals surface area contributed by atoms with Crippen molar-refractivity contribution in [3.63, 3.8) is 0 Å². The Morgan fingerprint density at radius 2 is 1.78 bits per heavy atom. The molecule has 0 N–H and O–H groups in total. The fraction of sp³-hybridized carbons (Fsp3) is 0.125. The van der Waals surface area contributed by atoms with Crippen LogP contribution in [0.4, 0.5) is 5.69 Å². The number of hydrogen-bond acceptors (Lipinski definition) is 10. The van der Waals surface area contributed by atoms with E-state index in [1.807, 2.05) is 6.07 Å². The Hall–Kier alpha value is -4.89. The maximum absolute atomic E-state index is 13.4. The van der Waals surface area contributed by atoms with Crippen LogP contribution in [-0.4, -0.2) is 47.2 Å². The van der Waals surface area contributed by atoms with E-state index in [0.717, 1.165) is 22.2 Å². The predicted octanol–water partition coefficient (Wildman–Crippen LogP) is 6.12. The number of nitrogens with zero attached hydrogens (tertiary/aromatic N) is 3. The average Bonchev–Trinajstić information content (AvgIpc) is 3.62. The molecule has 0 saturated carbocycles. The van der Waals surface area contributed by atoms with Gasteiger partial charge in [0.1, 0.15) is 11.1 Å². The Balaban J connectivity index is 1.13. The number of ether oxygens (including phenoxy) is 3. The van der Waals surface area contributed by atoms with E-state index in [1.54, 1.807) is 24.3 Å². The van der Waals surface area contributed by atoms with Crippen molar-refractivity contribution in [2.24, 2.45) is 0 Å². The molecule has 2 amide bonds. The van der Waals surface area contributed by atoms with Crippen LogP contribution in [0.15, 0.2) is 77.8 Å². The van der Waals surface area contributed by atoms with Crippen LogP contribution in [0.5, 0.6) is 11.5 Å².